The lowest BCUT2D eigenvalue weighted by Gasteiger charge is -2.15. The molecule has 2 aromatic heterocycles. The highest BCUT2D eigenvalue weighted by atomic mass is 32.1. The van der Waals surface area contributed by atoms with E-state index in [0.29, 0.717) is 18.4 Å². The van der Waals surface area contributed by atoms with Gasteiger partial charge < -0.3 is 4.74 Å². The zero-order valence-corrected chi connectivity index (χ0v) is 17.9. The molecule has 0 fully saturated rings. The smallest absolute Gasteiger partial charge is 0.305 e. The van der Waals surface area contributed by atoms with Crippen molar-refractivity contribution in [2.24, 2.45) is 0 Å². The molecule has 1 aromatic carbocycles. The van der Waals surface area contributed by atoms with Crippen LogP contribution in [0, 0.1) is 13.8 Å². The molecule has 0 bridgehead atoms. The molecule has 148 valence electrons. The summed E-state index contributed by atoms with van der Waals surface area (Å²) in [7, 11) is 1.38. The molecule has 5 nitrogen and oxygen atoms in total. The molecule has 0 spiro atoms. The van der Waals surface area contributed by atoms with Crippen LogP contribution in [0.15, 0.2) is 28.4 Å². The summed E-state index contributed by atoms with van der Waals surface area (Å²) in [5.41, 5.74) is 4.35. The largest absolute Gasteiger partial charge is 0.469 e. The van der Waals surface area contributed by atoms with Gasteiger partial charge in [-0.15, -0.1) is 11.3 Å². The molecule has 0 aliphatic carbocycles. The van der Waals surface area contributed by atoms with Crippen LogP contribution in [0.3, 0.4) is 0 Å². The average Bonchev–Trinajstić information content (AvgIpc) is 3.09. The number of benzene rings is 1. The Hall–Kier alpha value is -2.47. The number of aromatic nitrogens is 2. The van der Waals surface area contributed by atoms with E-state index in [1.165, 1.54) is 29.6 Å². The Labute approximate surface area is 169 Å². The number of nitrogens with zero attached hydrogens (tertiary/aromatic N) is 2. The Morgan fingerprint density at radius 2 is 2.00 bits per heavy atom. The van der Waals surface area contributed by atoms with Crippen LogP contribution >= 0.6 is 11.3 Å². The van der Waals surface area contributed by atoms with E-state index in [4.69, 9.17) is 9.72 Å². The number of aryl methyl sites for hydroxylation is 2. The second-order valence-electron chi connectivity index (χ2n) is 7.39. The number of fused-ring (bicyclic) bond motifs is 1. The highest BCUT2D eigenvalue weighted by molar-refractivity contribution is 7.17. The van der Waals surface area contributed by atoms with Gasteiger partial charge in [0.2, 0.25) is 0 Å². The molecule has 3 aromatic rings. The maximum atomic E-state index is 13.4. The summed E-state index contributed by atoms with van der Waals surface area (Å²) < 4.78 is 6.44. The fourth-order valence-electron chi connectivity index (χ4n) is 3.30. The first-order valence-corrected chi connectivity index (χ1v) is 10.4. The summed E-state index contributed by atoms with van der Waals surface area (Å²) in [6.07, 6.45) is 0.828. The summed E-state index contributed by atoms with van der Waals surface area (Å²) in [5.74, 6) is 0.609. The summed E-state index contributed by atoms with van der Waals surface area (Å²) in [4.78, 5) is 30.4. The predicted molar refractivity (Wildman–Crippen MR) is 114 cm³/mol. The second-order valence-corrected chi connectivity index (χ2v) is 8.25. The molecule has 0 aliphatic rings. The van der Waals surface area contributed by atoms with Gasteiger partial charge in [-0.2, -0.15) is 0 Å². The molecule has 0 atom stereocenters. The van der Waals surface area contributed by atoms with Gasteiger partial charge in [0, 0.05) is 29.8 Å². The number of carbonyl (C=O) groups excluding carboxylic acids is 1. The van der Waals surface area contributed by atoms with Crippen molar-refractivity contribution in [2.45, 2.75) is 53.0 Å². The van der Waals surface area contributed by atoms with E-state index in [-0.39, 0.29) is 23.9 Å². The van der Waals surface area contributed by atoms with Gasteiger partial charge in [0.15, 0.2) is 0 Å². The van der Waals surface area contributed by atoms with Crippen LogP contribution in [0.5, 0.6) is 0 Å². The van der Waals surface area contributed by atoms with E-state index in [2.05, 4.69) is 32.0 Å². The van der Waals surface area contributed by atoms with E-state index in [1.54, 1.807) is 4.57 Å². The number of esters is 1. The van der Waals surface area contributed by atoms with Crippen molar-refractivity contribution in [3.05, 3.63) is 50.9 Å². The fraction of sp³-hybridized carbons (Fsp3) is 0.409. The van der Waals surface area contributed by atoms with Crippen molar-refractivity contribution in [3.8, 4) is 11.1 Å². The molecule has 2 heterocycles. The van der Waals surface area contributed by atoms with E-state index in [9.17, 15) is 9.59 Å². The summed E-state index contributed by atoms with van der Waals surface area (Å²) in [5, 5.41) is 2.68. The number of hydrogen-bond acceptors (Lipinski definition) is 5. The molecular formula is C22H26N2O3S. The van der Waals surface area contributed by atoms with Gasteiger partial charge in [0.25, 0.3) is 5.56 Å². The van der Waals surface area contributed by atoms with Crippen LogP contribution in [0.25, 0.3) is 21.3 Å². The van der Waals surface area contributed by atoms with Crippen molar-refractivity contribution in [2.75, 3.05) is 7.11 Å². The van der Waals surface area contributed by atoms with Crippen LogP contribution in [0.4, 0.5) is 0 Å². The quantitative estimate of drug-likeness (QED) is 0.559. The minimum Gasteiger partial charge on any atom is -0.469 e. The van der Waals surface area contributed by atoms with E-state index in [0.717, 1.165) is 21.8 Å². The molecule has 0 unspecified atom stereocenters. The van der Waals surface area contributed by atoms with Gasteiger partial charge in [0.1, 0.15) is 10.7 Å². The predicted octanol–water partition coefficient (Wildman–Crippen LogP) is 4.82. The number of rotatable bonds is 6. The van der Waals surface area contributed by atoms with Crippen molar-refractivity contribution >= 4 is 27.5 Å². The van der Waals surface area contributed by atoms with Crippen LogP contribution in [0.1, 0.15) is 49.6 Å². The monoisotopic (exact) mass is 398 g/mol. The van der Waals surface area contributed by atoms with Crippen molar-refractivity contribution in [3.63, 3.8) is 0 Å². The molecule has 0 N–H and O–H groups in total. The van der Waals surface area contributed by atoms with Crippen LogP contribution in [-0.4, -0.2) is 22.6 Å². The third-order valence-corrected chi connectivity index (χ3v) is 5.92. The van der Waals surface area contributed by atoms with Crippen LogP contribution in [0.2, 0.25) is 0 Å². The Balaban J connectivity index is 2.12. The van der Waals surface area contributed by atoms with E-state index >= 15 is 0 Å². The van der Waals surface area contributed by atoms with Crippen LogP contribution < -0.4 is 5.56 Å². The fourth-order valence-corrected chi connectivity index (χ4v) is 4.25. The highest BCUT2D eigenvalue weighted by Gasteiger charge is 2.19. The second kappa shape index (κ2) is 8.27. The van der Waals surface area contributed by atoms with Crippen molar-refractivity contribution < 1.29 is 9.53 Å². The third-order valence-electron chi connectivity index (χ3n) is 5.05. The minimum atomic E-state index is -0.264. The number of ether oxygens (including phenoxy) is 1. The normalized spacial score (nSPS) is 11.4. The zero-order valence-electron chi connectivity index (χ0n) is 17.0. The lowest BCUT2D eigenvalue weighted by atomic mass is 10.0. The standard InChI is InChI=1S/C22H26N2O3S/c1-13(2)20-23-21-19(22(26)24(20)10-6-7-18(25)27-5)17(12-28-21)16-9-8-14(3)15(4)11-16/h8-9,11-13H,6-7,10H2,1-5H3. The average molecular weight is 399 g/mol. The Morgan fingerprint density at radius 3 is 2.64 bits per heavy atom. The molecule has 0 saturated heterocycles. The number of methoxy groups -OCH3 is 1. The molecule has 0 radical (unpaired) electrons. The SMILES string of the molecule is COC(=O)CCCn1c(C(C)C)nc2scc(-c3ccc(C)c(C)c3)c2c1=O. The first kappa shape index (κ1) is 20.3. The van der Waals surface area contributed by atoms with Gasteiger partial charge in [-0.3, -0.25) is 14.2 Å². The van der Waals surface area contributed by atoms with Gasteiger partial charge in [-0.1, -0.05) is 32.0 Å². The van der Waals surface area contributed by atoms with Crippen LogP contribution in [-0.2, 0) is 16.1 Å². The molecule has 6 heteroatoms. The van der Waals surface area contributed by atoms with E-state index < -0.39 is 0 Å². The molecular weight excluding hydrogens is 372 g/mol. The van der Waals surface area contributed by atoms with E-state index in [1.807, 2.05) is 19.2 Å². The third kappa shape index (κ3) is 3.87. The highest BCUT2D eigenvalue weighted by Crippen LogP contribution is 2.32. The van der Waals surface area contributed by atoms with Gasteiger partial charge in [-0.25, -0.2) is 4.98 Å². The summed E-state index contributed by atoms with van der Waals surface area (Å²) in [6.45, 7) is 8.67. The molecule has 28 heavy (non-hydrogen) atoms. The number of thiophene rings is 1. The minimum absolute atomic E-state index is 0.0342. The summed E-state index contributed by atoms with van der Waals surface area (Å²) in [6, 6.07) is 6.26. The molecule has 0 aliphatic heterocycles. The summed E-state index contributed by atoms with van der Waals surface area (Å²) >= 11 is 1.51. The first-order valence-electron chi connectivity index (χ1n) is 9.49. The van der Waals surface area contributed by atoms with Crippen molar-refractivity contribution in [1.82, 2.24) is 9.55 Å². The topological polar surface area (TPSA) is 61.2 Å². The zero-order chi connectivity index (χ0) is 20.4. The lowest BCUT2D eigenvalue weighted by molar-refractivity contribution is -0.140. The number of hydrogen-bond donors (Lipinski definition) is 0. The van der Waals surface area contributed by atoms with Crippen molar-refractivity contribution in [1.29, 1.82) is 0 Å². The maximum Gasteiger partial charge on any atom is 0.305 e. The molecule has 0 amide bonds. The Morgan fingerprint density at radius 1 is 1.25 bits per heavy atom. The molecule has 3 rings (SSSR count). The van der Waals surface area contributed by atoms with Gasteiger partial charge >= 0.3 is 5.97 Å². The van der Waals surface area contributed by atoms with Gasteiger partial charge in [-0.05, 0) is 37.0 Å². The van der Waals surface area contributed by atoms with Gasteiger partial charge in [0.05, 0.1) is 12.5 Å². The Kier molecular flexibility index (Phi) is 5.98. The Bertz CT molecular complexity index is 1080. The lowest BCUT2D eigenvalue weighted by Crippen LogP contribution is -2.26. The number of carbonyl (C=O) groups is 1. The molecule has 0 saturated carbocycles. The maximum absolute atomic E-state index is 13.4. The first-order chi connectivity index (χ1) is 13.3.